The van der Waals surface area contributed by atoms with Gasteiger partial charge in [0.15, 0.2) is 0 Å². The van der Waals surface area contributed by atoms with Crippen LogP contribution in [0.2, 0.25) is 0 Å². The molecule has 2 heteroatoms. The zero-order valence-corrected chi connectivity index (χ0v) is 11.0. The van der Waals surface area contributed by atoms with E-state index >= 15 is 0 Å². The molecule has 17 heavy (non-hydrogen) atoms. The Kier molecular flexibility index (Phi) is 7.12. The van der Waals surface area contributed by atoms with Crippen molar-refractivity contribution < 1.29 is 4.84 Å². The summed E-state index contributed by atoms with van der Waals surface area (Å²) in [6, 6.07) is 10.1. The van der Waals surface area contributed by atoms with E-state index in [1.54, 1.807) is 0 Å². The lowest BCUT2D eigenvalue weighted by Gasteiger charge is -2.02. The molecule has 0 spiro atoms. The molecule has 94 valence electrons. The summed E-state index contributed by atoms with van der Waals surface area (Å²) in [6.07, 6.45) is 6.16. The van der Waals surface area contributed by atoms with Gasteiger partial charge in [-0.05, 0) is 25.3 Å². The molecular weight excluding hydrogens is 210 g/mol. The van der Waals surface area contributed by atoms with Crippen LogP contribution in [0.3, 0.4) is 0 Å². The second kappa shape index (κ2) is 8.80. The highest BCUT2D eigenvalue weighted by Gasteiger charge is 1.94. The largest absolute Gasteiger partial charge is 0.391 e. The Balaban J connectivity index is 2.15. The second-order valence-corrected chi connectivity index (χ2v) is 4.40. The fourth-order valence-electron chi connectivity index (χ4n) is 1.64. The average Bonchev–Trinajstić information content (AvgIpc) is 2.36. The molecule has 2 nitrogen and oxygen atoms in total. The number of rotatable bonds is 8. The molecule has 0 radical (unpaired) electrons. The molecule has 0 bridgehead atoms. The van der Waals surface area contributed by atoms with Gasteiger partial charge in [0.05, 0.1) is 5.71 Å². The molecule has 0 unspecified atom stereocenters. The Morgan fingerprint density at radius 1 is 1.12 bits per heavy atom. The van der Waals surface area contributed by atoms with Gasteiger partial charge in [0, 0.05) is 0 Å². The lowest BCUT2D eigenvalue weighted by atomic mass is 10.1. The van der Waals surface area contributed by atoms with Crippen molar-refractivity contribution >= 4 is 5.71 Å². The van der Waals surface area contributed by atoms with E-state index in [4.69, 9.17) is 4.84 Å². The predicted octanol–water partition coefficient (Wildman–Crippen LogP) is 4.55. The Hall–Kier alpha value is -1.31. The van der Waals surface area contributed by atoms with Gasteiger partial charge in [0.25, 0.3) is 0 Å². The molecule has 0 N–H and O–H groups in total. The van der Waals surface area contributed by atoms with Crippen LogP contribution in [-0.4, -0.2) is 5.71 Å². The number of benzene rings is 1. The van der Waals surface area contributed by atoms with E-state index in [9.17, 15) is 0 Å². The van der Waals surface area contributed by atoms with Crippen molar-refractivity contribution in [1.29, 1.82) is 0 Å². The molecule has 0 aliphatic rings. The van der Waals surface area contributed by atoms with Crippen molar-refractivity contribution in [2.24, 2.45) is 5.16 Å². The van der Waals surface area contributed by atoms with Crippen molar-refractivity contribution in [3.63, 3.8) is 0 Å². The van der Waals surface area contributed by atoms with Gasteiger partial charge in [-0.1, -0.05) is 61.7 Å². The third kappa shape index (κ3) is 6.77. The van der Waals surface area contributed by atoms with Crippen LogP contribution in [0.5, 0.6) is 0 Å². The van der Waals surface area contributed by atoms with E-state index in [1.165, 1.54) is 25.7 Å². The second-order valence-electron chi connectivity index (χ2n) is 4.40. The third-order valence-corrected chi connectivity index (χ3v) is 2.69. The maximum absolute atomic E-state index is 5.33. The number of oxime groups is 1. The van der Waals surface area contributed by atoms with Crippen molar-refractivity contribution in [1.82, 2.24) is 0 Å². The highest BCUT2D eigenvalue weighted by molar-refractivity contribution is 5.81. The van der Waals surface area contributed by atoms with Crippen LogP contribution in [0.4, 0.5) is 0 Å². The van der Waals surface area contributed by atoms with E-state index < -0.39 is 0 Å². The molecule has 0 saturated carbocycles. The topological polar surface area (TPSA) is 21.6 Å². The lowest BCUT2D eigenvalue weighted by molar-refractivity contribution is 0.129. The maximum atomic E-state index is 5.33. The van der Waals surface area contributed by atoms with Gasteiger partial charge in [-0.25, -0.2) is 0 Å². The summed E-state index contributed by atoms with van der Waals surface area (Å²) >= 11 is 0. The number of unbranched alkanes of at least 4 members (excludes halogenated alkanes) is 3. The molecule has 0 heterocycles. The summed E-state index contributed by atoms with van der Waals surface area (Å²) in [4.78, 5) is 5.33. The van der Waals surface area contributed by atoms with Crippen LogP contribution in [0.1, 0.15) is 51.5 Å². The van der Waals surface area contributed by atoms with Crippen LogP contribution in [-0.2, 0) is 11.4 Å². The summed E-state index contributed by atoms with van der Waals surface area (Å²) in [5.41, 5.74) is 2.26. The summed E-state index contributed by atoms with van der Waals surface area (Å²) < 4.78 is 0. The first kappa shape index (κ1) is 13.8. The van der Waals surface area contributed by atoms with Crippen molar-refractivity contribution in [3.05, 3.63) is 35.9 Å². The van der Waals surface area contributed by atoms with Gasteiger partial charge in [0.2, 0.25) is 0 Å². The maximum Gasteiger partial charge on any atom is 0.142 e. The zero-order chi connectivity index (χ0) is 12.3. The van der Waals surface area contributed by atoms with Gasteiger partial charge in [-0.15, -0.1) is 0 Å². The quantitative estimate of drug-likeness (QED) is 0.367. The summed E-state index contributed by atoms with van der Waals surface area (Å²) in [7, 11) is 0. The molecule has 0 aliphatic carbocycles. The normalized spacial score (nSPS) is 11.5. The van der Waals surface area contributed by atoms with E-state index in [1.807, 2.05) is 37.3 Å². The molecular formula is C15H23NO. The molecule has 1 aromatic carbocycles. The molecule has 1 rings (SSSR count). The van der Waals surface area contributed by atoms with Crippen molar-refractivity contribution in [2.75, 3.05) is 0 Å². The highest BCUT2D eigenvalue weighted by Crippen LogP contribution is 2.05. The molecule has 0 saturated heterocycles. The minimum absolute atomic E-state index is 0.563. The summed E-state index contributed by atoms with van der Waals surface area (Å²) in [6.45, 7) is 4.83. The van der Waals surface area contributed by atoms with Gasteiger partial charge in [0.1, 0.15) is 6.61 Å². The van der Waals surface area contributed by atoms with E-state index in [0.717, 1.165) is 17.7 Å². The van der Waals surface area contributed by atoms with E-state index in [-0.39, 0.29) is 0 Å². The summed E-state index contributed by atoms with van der Waals surface area (Å²) in [5.74, 6) is 0. The smallest absolute Gasteiger partial charge is 0.142 e. The molecule has 0 aliphatic heterocycles. The lowest BCUT2D eigenvalue weighted by Crippen LogP contribution is -1.94. The van der Waals surface area contributed by atoms with E-state index in [2.05, 4.69) is 12.1 Å². The van der Waals surface area contributed by atoms with Crippen LogP contribution in [0, 0.1) is 0 Å². The third-order valence-electron chi connectivity index (χ3n) is 2.69. The molecule has 0 fully saturated rings. The van der Waals surface area contributed by atoms with Gasteiger partial charge in [-0.2, -0.15) is 0 Å². The van der Waals surface area contributed by atoms with Crippen LogP contribution in [0.25, 0.3) is 0 Å². The van der Waals surface area contributed by atoms with Crippen LogP contribution in [0.15, 0.2) is 35.5 Å². The van der Waals surface area contributed by atoms with Gasteiger partial charge < -0.3 is 4.84 Å². The first-order chi connectivity index (χ1) is 8.33. The van der Waals surface area contributed by atoms with Crippen LogP contribution >= 0.6 is 0 Å². The molecule has 1 aromatic rings. The number of nitrogens with zero attached hydrogens (tertiary/aromatic N) is 1. The Bertz CT molecular complexity index is 319. The van der Waals surface area contributed by atoms with Crippen LogP contribution < -0.4 is 0 Å². The Morgan fingerprint density at radius 3 is 2.59 bits per heavy atom. The molecule has 0 atom stereocenters. The Morgan fingerprint density at radius 2 is 1.88 bits per heavy atom. The van der Waals surface area contributed by atoms with Gasteiger partial charge in [-0.3, -0.25) is 0 Å². The first-order valence-electron chi connectivity index (χ1n) is 6.52. The standard InChI is InChI=1S/C15H23NO/c1-3-4-5-7-10-14(2)16-17-13-15-11-8-6-9-12-15/h6,8-9,11-12H,3-5,7,10,13H2,1-2H3. The summed E-state index contributed by atoms with van der Waals surface area (Å²) in [5, 5.41) is 4.13. The fraction of sp³-hybridized carbons (Fsp3) is 0.533. The van der Waals surface area contributed by atoms with Crippen molar-refractivity contribution in [3.8, 4) is 0 Å². The number of hydrogen-bond acceptors (Lipinski definition) is 2. The van der Waals surface area contributed by atoms with Gasteiger partial charge >= 0.3 is 0 Å². The van der Waals surface area contributed by atoms with E-state index in [0.29, 0.717) is 6.61 Å². The number of hydrogen-bond donors (Lipinski definition) is 0. The highest BCUT2D eigenvalue weighted by atomic mass is 16.6. The van der Waals surface area contributed by atoms with Crippen molar-refractivity contribution in [2.45, 2.75) is 52.6 Å². The SMILES string of the molecule is CCCCCCC(C)=NOCc1ccccc1. The zero-order valence-electron chi connectivity index (χ0n) is 11.0. The minimum Gasteiger partial charge on any atom is -0.391 e. The average molecular weight is 233 g/mol. The monoisotopic (exact) mass is 233 g/mol. The molecule has 0 aromatic heterocycles. The predicted molar refractivity (Wildman–Crippen MR) is 73.1 cm³/mol. The molecule has 0 amide bonds. The fourth-order valence-corrected chi connectivity index (χ4v) is 1.64. The Labute approximate surface area is 105 Å². The minimum atomic E-state index is 0.563. The first-order valence-corrected chi connectivity index (χ1v) is 6.52.